The topological polar surface area (TPSA) is 48.0 Å². The van der Waals surface area contributed by atoms with Crippen LogP contribution in [0.25, 0.3) is 10.8 Å². The van der Waals surface area contributed by atoms with Crippen molar-refractivity contribution in [3.63, 3.8) is 0 Å². The van der Waals surface area contributed by atoms with Crippen LogP contribution < -0.4 is 5.76 Å². The third kappa shape index (κ3) is 1.98. The molecule has 4 nitrogen and oxygen atoms in total. The molecule has 3 rings (SSSR count). The standard InChI is InChI=1S/C12H12N2O2S/c15-12-14(9-5-2-1-3-6-9)13-11(16-12)10-7-4-8-17-10/h2,4-5,7-9H,1,3,6H2. The highest BCUT2D eigenvalue weighted by Crippen LogP contribution is 2.24. The molecule has 0 saturated carbocycles. The van der Waals surface area contributed by atoms with Crippen LogP contribution in [0.4, 0.5) is 0 Å². The van der Waals surface area contributed by atoms with E-state index in [0.29, 0.717) is 5.89 Å². The number of hydrogen-bond donors (Lipinski definition) is 0. The fourth-order valence-corrected chi connectivity index (χ4v) is 2.64. The third-order valence-electron chi connectivity index (χ3n) is 2.84. The Balaban J connectivity index is 1.99. The van der Waals surface area contributed by atoms with Crippen LogP contribution >= 0.6 is 11.3 Å². The number of aromatic nitrogens is 2. The summed E-state index contributed by atoms with van der Waals surface area (Å²) in [7, 11) is 0. The van der Waals surface area contributed by atoms with Crippen LogP contribution in [0.1, 0.15) is 25.3 Å². The normalized spacial score (nSPS) is 19.6. The van der Waals surface area contributed by atoms with Crippen LogP contribution in [0.3, 0.4) is 0 Å². The predicted octanol–water partition coefficient (Wildman–Crippen LogP) is 2.85. The summed E-state index contributed by atoms with van der Waals surface area (Å²) >= 11 is 1.52. The maximum absolute atomic E-state index is 11.7. The van der Waals surface area contributed by atoms with Crippen molar-refractivity contribution >= 4 is 11.3 Å². The maximum atomic E-state index is 11.7. The minimum atomic E-state index is -0.370. The molecule has 17 heavy (non-hydrogen) atoms. The monoisotopic (exact) mass is 248 g/mol. The van der Waals surface area contributed by atoms with Gasteiger partial charge in [-0.2, -0.15) is 4.68 Å². The van der Waals surface area contributed by atoms with Gasteiger partial charge in [-0.3, -0.25) is 0 Å². The SMILES string of the molecule is O=c1oc(-c2cccs2)nn1C1C=CCCC1. The first-order valence-corrected chi connectivity index (χ1v) is 6.53. The van der Waals surface area contributed by atoms with E-state index in [1.54, 1.807) is 0 Å². The van der Waals surface area contributed by atoms with E-state index >= 15 is 0 Å². The molecule has 0 N–H and O–H groups in total. The molecule has 0 fully saturated rings. The fourth-order valence-electron chi connectivity index (χ4n) is 2.00. The van der Waals surface area contributed by atoms with Gasteiger partial charge in [0.1, 0.15) is 0 Å². The molecule has 0 spiro atoms. The summed E-state index contributed by atoms with van der Waals surface area (Å²) in [6, 6.07) is 3.87. The summed E-state index contributed by atoms with van der Waals surface area (Å²) in [6.45, 7) is 0. The summed E-state index contributed by atoms with van der Waals surface area (Å²) in [5.74, 6) is 0.0499. The van der Waals surface area contributed by atoms with E-state index in [0.717, 1.165) is 24.1 Å². The molecule has 2 heterocycles. The second kappa shape index (κ2) is 4.33. The van der Waals surface area contributed by atoms with Crippen molar-refractivity contribution in [2.24, 2.45) is 0 Å². The summed E-state index contributed by atoms with van der Waals surface area (Å²) < 4.78 is 6.63. The average Bonchev–Trinajstić information content (AvgIpc) is 2.99. The molecule has 0 amide bonds. The molecule has 5 heteroatoms. The van der Waals surface area contributed by atoms with E-state index in [2.05, 4.69) is 11.2 Å². The smallest absolute Gasteiger partial charge is 0.387 e. The van der Waals surface area contributed by atoms with Gasteiger partial charge in [0.05, 0.1) is 10.9 Å². The lowest BCUT2D eigenvalue weighted by molar-refractivity contribution is 0.423. The van der Waals surface area contributed by atoms with Gasteiger partial charge < -0.3 is 4.42 Å². The first-order chi connectivity index (χ1) is 8.34. The zero-order valence-electron chi connectivity index (χ0n) is 9.20. The van der Waals surface area contributed by atoms with Crippen LogP contribution in [0, 0.1) is 0 Å². The molecule has 0 saturated heterocycles. The second-order valence-electron chi connectivity index (χ2n) is 4.02. The van der Waals surface area contributed by atoms with Gasteiger partial charge in [0.2, 0.25) is 0 Å². The molecule has 0 radical (unpaired) electrons. The van der Waals surface area contributed by atoms with Crippen molar-refractivity contribution in [2.75, 3.05) is 0 Å². The number of hydrogen-bond acceptors (Lipinski definition) is 4. The molecule has 2 aromatic heterocycles. The Bertz CT molecular complexity index is 580. The summed E-state index contributed by atoms with van der Waals surface area (Å²) in [6.07, 6.45) is 7.26. The molecule has 1 atom stereocenters. The lowest BCUT2D eigenvalue weighted by Gasteiger charge is -2.14. The average molecular weight is 248 g/mol. The van der Waals surface area contributed by atoms with E-state index < -0.39 is 0 Å². The van der Waals surface area contributed by atoms with E-state index in [1.165, 1.54) is 16.0 Å². The highest BCUT2D eigenvalue weighted by Gasteiger charge is 2.18. The predicted molar refractivity (Wildman–Crippen MR) is 66.1 cm³/mol. The second-order valence-corrected chi connectivity index (χ2v) is 4.97. The van der Waals surface area contributed by atoms with Crippen molar-refractivity contribution in [3.05, 3.63) is 40.2 Å². The molecule has 2 aromatic rings. The van der Waals surface area contributed by atoms with Crippen molar-refractivity contribution < 1.29 is 4.42 Å². The van der Waals surface area contributed by atoms with Gasteiger partial charge in [-0.15, -0.1) is 16.4 Å². The summed E-state index contributed by atoms with van der Waals surface area (Å²) in [4.78, 5) is 12.6. The molecule has 0 bridgehead atoms. The first kappa shape index (κ1) is 10.5. The largest absolute Gasteiger partial charge is 0.437 e. The quantitative estimate of drug-likeness (QED) is 0.768. The highest BCUT2D eigenvalue weighted by molar-refractivity contribution is 7.13. The lowest BCUT2D eigenvalue weighted by Crippen LogP contribution is -2.21. The van der Waals surface area contributed by atoms with Crippen molar-refractivity contribution in [1.29, 1.82) is 0 Å². The van der Waals surface area contributed by atoms with Gasteiger partial charge in [0.25, 0.3) is 5.89 Å². The van der Waals surface area contributed by atoms with Crippen molar-refractivity contribution in [3.8, 4) is 10.8 Å². The van der Waals surface area contributed by atoms with Gasteiger partial charge in [-0.1, -0.05) is 18.2 Å². The van der Waals surface area contributed by atoms with Gasteiger partial charge in [-0.05, 0) is 30.7 Å². The maximum Gasteiger partial charge on any atom is 0.437 e. The van der Waals surface area contributed by atoms with Gasteiger partial charge in [0.15, 0.2) is 0 Å². The zero-order chi connectivity index (χ0) is 11.7. The van der Waals surface area contributed by atoms with Crippen LogP contribution in [0.2, 0.25) is 0 Å². The molecule has 1 aliphatic rings. The number of nitrogens with zero attached hydrogens (tertiary/aromatic N) is 2. The van der Waals surface area contributed by atoms with Crippen LogP contribution in [0.5, 0.6) is 0 Å². The highest BCUT2D eigenvalue weighted by atomic mass is 32.1. The first-order valence-electron chi connectivity index (χ1n) is 5.65. The van der Waals surface area contributed by atoms with E-state index in [-0.39, 0.29) is 11.8 Å². The Morgan fingerprint density at radius 3 is 3.18 bits per heavy atom. The summed E-state index contributed by atoms with van der Waals surface area (Å²) in [5.41, 5.74) is 0. The fraction of sp³-hybridized carbons (Fsp3) is 0.333. The van der Waals surface area contributed by atoms with E-state index in [1.807, 2.05) is 23.6 Å². The minimum Gasteiger partial charge on any atom is -0.387 e. The Labute approximate surface area is 102 Å². The molecule has 88 valence electrons. The molecule has 1 unspecified atom stereocenters. The lowest BCUT2D eigenvalue weighted by atomic mass is 10.0. The Morgan fingerprint density at radius 2 is 2.47 bits per heavy atom. The molecular formula is C12H12N2O2S. The Kier molecular flexibility index (Phi) is 2.68. The molecular weight excluding hydrogens is 236 g/mol. The van der Waals surface area contributed by atoms with Crippen LogP contribution in [-0.4, -0.2) is 9.78 Å². The number of allylic oxidation sites excluding steroid dienone is 2. The van der Waals surface area contributed by atoms with Crippen LogP contribution in [-0.2, 0) is 0 Å². The zero-order valence-corrected chi connectivity index (χ0v) is 10.0. The van der Waals surface area contributed by atoms with Gasteiger partial charge in [-0.25, -0.2) is 4.79 Å². The number of thiophene rings is 1. The van der Waals surface area contributed by atoms with Crippen molar-refractivity contribution in [1.82, 2.24) is 9.78 Å². The number of rotatable bonds is 2. The summed E-state index contributed by atoms with van der Waals surface area (Å²) in [5, 5.41) is 6.21. The van der Waals surface area contributed by atoms with Crippen LogP contribution in [0.15, 0.2) is 38.9 Å². The Morgan fingerprint density at radius 1 is 1.53 bits per heavy atom. The molecule has 0 aromatic carbocycles. The Hall–Kier alpha value is -1.62. The van der Waals surface area contributed by atoms with Crippen molar-refractivity contribution in [2.45, 2.75) is 25.3 Å². The minimum absolute atomic E-state index is 0.0497. The third-order valence-corrected chi connectivity index (χ3v) is 3.70. The molecule has 0 aliphatic heterocycles. The van der Waals surface area contributed by atoms with E-state index in [9.17, 15) is 4.79 Å². The van der Waals surface area contributed by atoms with Gasteiger partial charge in [0, 0.05) is 0 Å². The van der Waals surface area contributed by atoms with Gasteiger partial charge >= 0.3 is 5.76 Å². The molecule has 1 aliphatic carbocycles. The van der Waals surface area contributed by atoms with E-state index in [4.69, 9.17) is 4.42 Å².